The van der Waals surface area contributed by atoms with Gasteiger partial charge < -0.3 is 10.1 Å². The number of rotatable bonds is 8. The van der Waals surface area contributed by atoms with Crippen LogP contribution in [0.15, 0.2) is 11.4 Å². The van der Waals surface area contributed by atoms with Crippen LogP contribution in [0.5, 0.6) is 0 Å². The molecule has 2 rings (SSSR count). The summed E-state index contributed by atoms with van der Waals surface area (Å²) in [6.07, 6.45) is 3.32. The van der Waals surface area contributed by atoms with Crippen LogP contribution in [0.3, 0.4) is 0 Å². The van der Waals surface area contributed by atoms with Crippen LogP contribution in [0.2, 0.25) is 0 Å². The molecular weight excluding hydrogens is 262 g/mol. The fraction of sp³-hybridized carbons (Fsp3) is 0.500. The molecule has 0 saturated carbocycles. The molecule has 0 fully saturated rings. The second-order valence-electron chi connectivity index (χ2n) is 4.16. The first-order valence-electron chi connectivity index (χ1n) is 6.30. The Morgan fingerprint density at radius 1 is 1.32 bits per heavy atom. The number of aromatic nitrogens is 2. The molecule has 7 heteroatoms. The highest BCUT2D eigenvalue weighted by Gasteiger charge is 2.07. The number of hydrogen-bond donors (Lipinski definition) is 3. The van der Waals surface area contributed by atoms with Crippen molar-refractivity contribution in [2.75, 3.05) is 31.0 Å². The second-order valence-corrected chi connectivity index (χ2v) is 5.05. The highest BCUT2D eigenvalue weighted by molar-refractivity contribution is 7.16. The molecule has 2 aromatic rings. The van der Waals surface area contributed by atoms with Gasteiger partial charge in [-0.2, -0.15) is 4.98 Å². The summed E-state index contributed by atoms with van der Waals surface area (Å²) in [5, 5.41) is 6.39. The van der Waals surface area contributed by atoms with Gasteiger partial charge in [-0.05, 0) is 30.7 Å². The minimum Gasteiger partial charge on any atom is -0.385 e. The minimum atomic E-state index is 0.442. The van der Waals surface area contributed by atoms with Gasteiger partial charge in [0.15, 0.2) is 0 Å². The number of hydrogen-bond acceptors (Lipinski definition) is 7. The van der Waals surface area contributed by atoms with Crippen molar-refractivity contribution in [2.45, 2.75) is 19.3 Å². The number of thiophene rings is 1. The molecule has 0 saturated heterocycles. The van der Waals surface area contributed by atoms with Gasteiger partial charge in [-0.3, -0.25) is 5.43 Å². The average Bonchev–Trinajstić information content (AvgIpc) is 2.90. The molecule has 0 aliphatic rings. The minimum absolute atomic E-state index is 0.442. The predicted molar refractivity (Wildman–Crippen MR) is 79.4 cm³/mol. The lowest BCUT2D eigenvalue weighted by molar-refractivity contribution is 0.192. The third-order valence-electron chi connectivity index (χ3n) is 2.77. The largest absolute Gasteiger partial charge is 0.385 e. The molecule has 0 unspecified atom stereocenters. The van der Waals surface area contributed by atoms with Crippen molar-refractivity contribution in [2.24, 2.45) is 5.84 Å². The highest BCUT2D eigenvalue weighted by atomic mass is 32.1. The summed E-state index contributed by atoms with van der Waals surface area (Å²) in [5.41, 5.74) is 2.50. The van der Waals surface area contributed by atoms with Gasteiger partial charge in [0, 0.05) is 20.3 Å². The molecule has 104 valence electrons. The van der Waals surface area contributed by atoms with Gasteiger partial charge in [0.25, 0.3) is 0 Å². The van der Waals surface area contributed by atoms with Gasteiger partial charge in [0.1, 0.15) is 10.6 Å². The molecule has 2 heterocycles. The lowest BCUT2D eigenvalue weighted by Crippen LogP contribution is -2.12. The summed E-state index contributed by atoms with van der Waals surface area (Å²) in [7, 11) is 1.73. The summed E-state index contributed by atoms with van der Waals surface area (Å²) in [6.45, 7) is 1.71. The van der Waals surface area contributed by atoms with E-state index in [1.165, 1.54) is 0 Å². The van der Waals surface area contributed by atoms with E-state index in [9.17, 15) is 0 Å². The molecule has 0 radical (unpaired) electrons. The molecule has 19 heavy (non-hydrogen) atoms. The van der Waals surface area contributed by atoms with Gasteiger partial charge in [-0.1, -0.05) is 0 Å². The fourth-order valence-corrected chi connectivity index (χ4v) is 2.57. The maximum Gasteiger partial charge on any atom is 0.240 e. The Morgan fingerprint density at radius 3 is 3.00 bits per heavy atom. The van der Waals surface area contributed by atoms with Gasteiger partial charge in [0.05, 0.1) is 5.39 Å². The lowest BCUT2D eigenvalue weighted by Gasteiger charge is -2.08. The third-order valence-corrected chi connectivity index (χ3v) is 3.58. The summed E-state index contributed by atoms with van der Waals surface area (Å²) in [4.78, 5) is 9.58. The Morgan fingerprint density at radius 2 is 2.21 bits per heavy atom. The Balaban J connectivity index is 1.93. The number of nitrogens with two attached hydrogens (primary N) is 1. The van der Waals surface area contributed by atoms with Crippen molar-refractivity contribution in [1.82, 2.24) is 9.97 Å². The van der Waals surface area contributed by atoms with E-state index in [0.29, 0.717) is 5.95 Å². The van der Waals surface area contributed by atoms with Crippen LogP contribution in [0.25, 0.3) is 10.2 Å². The van der Waals surface area contributed by atoms with Crippen LogP contribution in [-0.2, 0) is 4.74 Å². The predicted octanol–water partition coefficient (Wildman–Crippen LogP) is 2.21. The fourth-order valence-electron chi connectivity index (χ4n) is 1.81. The Bertz CT molecular complexity index is 516. The molecule has 0 amide bonds. The number of ether oxygens (including phenoxy) is 1. The first-order chi connectivity index (χ1) is 9.35. The molecule has 0 aromatic carbocycles. The maximum absolute atomic E-state index is 5.38. The first kappa shape index (κ1) is 14.0. The zero-order valence-corrected chi connectivity index (χ0v) is 11.8. The Hall–Kier alpha value is -1.44. The molecule has 0 bridgehead atoms. The Kier molecular flexibility index (Phi) is 5.31. The molecule has 0 aliphatic heterocycles. The van der Waals surface area contributed by atoms with Gasteiger partial charge in [-0.15, -0.1) is 11.3 Å². The van der Waals surface area contributed by atoms with Crippen molar-refractivity contribution in [3.05, 3.63) is 11.4 Å². The first-order valence-corrected chi connectivity index (χ1v) is 7.18. The molecule has 4 N–H and O–H groups in total. The zero-order chi connectivity index (χ0) is 13.5. The monoisotopic (exact) mass is 281 g/mol. The molecule has 0 spiro atoms. The quantitative estimate of drug-likeness (QED) is 0.391. The van der Waals surface area contributed by atoms with E-state index in [1.807, 2.05) is 11.4 Å². The topological polar surface area (TPSA) is 85.1 Å². The van der Waals surface area contributed by atoms with E-state index >= 15 is 0 Å². The zero-order valence-electron chi connectivity index (χ0n) is 11.0. The van der Waals surface area contributed by atoms with E-state index in [1.54, 1.807) is 18.4 Å². The number of fused-ring (bicyclic) bond motifs is 1. The van der Waals surface area contributed by atoms with Crippen LogP contribution >= 0.6 is 11.3 Å². The second kappa shape index (κ2) is 7.22. The number of anilines is 2. The molecular formula is C12H19N5OS. The normalized spacial score (nSPS) is 10.8. The number of unbranched alkanes of at least 4 members (excludes halogenated alkanes) is 2. The van der Waals surface area contributed by atoms with Crippen LogP contribution in [-0.4, -0.2) is 30.2 Å². The smallest absolute Gasteiger partial charge is 0.240 e. The molecule has 0 atom stereocenters. The van der Waals surface area contributed by atoms with Crippen molar-refractivity contribution >= 4 is 33.3 Å². The SMILES string of the molecule is COCCCCCNc1nc(NN)nc2sccc12. The average molecular weight is 281 g/mol. The number of methoxy groups -OCH3 is 1. The van der Waals surface area contributed by atoms with Crippen LogP contribution < -0.4 is 16.6 Å². The van der Waals surface area contributed by atoms with E-state index < -0.39 is 0 Å². The van der Waals surface area contributed by atoms with E-state index in [0.717, 1.165) is 48.4 Å². The summed E-state index contributed by atoms with van der Waals surface area (Å²) < 4.78 is 5.02. The van der Waals surface area contributed by atoms with Gasteiger partial charge in [-0.25, -0.2) is 10.8 Å². The number of nitrogens with zero attached hydrogens (tertiary/aromatic N) is 2. The number of nitrogen functional groups attached to an aromatic ring is 1. The molecule has 6 nitrogen and oxygen atoms in total. The van der Waals surface area contributed by atoms with Gasteiger partial charge in [0.2, 0.25) is 5.95 Å². The van der Waals surface area contributed by atoms with Crippen molar-refractivity contribution in [3.8, 4) is 0 Å². The van der Waals surface area contributed by atoms with Crippen LogP contribution in [0.4, 0.5) is 11.8 Å². The highest BCUT2D eigenvalue weighted by Crippen LogP contribution is 2.26. The number of nitrogens with one attached hydrogen (secondary N) is 2. The summed E-state index contributed by atoms with van der Waals surface area (Å²) >= 11 is 1.58. The summed E-state index contributed by atoms with van der Waals surface area (Å²) in [5.74, 6) is 6.66. The summed E-state index contributed by atoms with van der Waals surface area (Å²) in [6, 6.07) is 2.02. The molecule has 2 aromatic heterocycles. The number of hydrazine groups is 1. The van der Waals surface area contributed by atoms with E-state index in [-0.39, 0.29) is 0 Å². The van der Waals surface area contributed by atoms with Crippen LogP contribution in [0.1, 0.15) is 19.3 Å². The van der Waals surface area contributed by atoms with Crippen molar-refractivity contribution < 1.29 is 4.74 Å². The van der Waals surface area contributed by atoms with Crippen molar-refractivity contribution in [1.29, 1.82) is 0 Å². The standard InChI is InChI=1S/C12H19N5OS/c1-18-7-4-2-3-6-14-10-9-5-8-19-11(9)16-12(15-10)17-13/h5,8H,2-4,6-7,13H2,1H3,(H2,14,15,16,17). The third kappa shape index (κ3) is 3.76. The van der Waals surface area contributed by atoms with Gasteiger partial charge >= 0.3 is 0 Å². The molecule has 0 aliphatic carbocycles. The lowest BCUT2D eigenvalue weighted by atomic mass is 10.2. The van der Waals surface area contributed by atoms with E-state index in [2.05, 4.69) is 20.7 Å². The Labute approximate surface area is 116 Å². The maximum atomic E-state index is 5.38. The van der Waals surface area contributed by atoms with E-state index in [4.69, 9.17) is 10.6 Å². The van der Waals surface area contributed by atoms with Crippen LogP contribution in [0, 0.1) is 0 Å². The van der Waals surface area contributed by atoms with Crippen molar-refractivity contribution in [3.63, 3.8) is 0 Å².